The molecular weight excluding hydrogens is 226 g/mol. The molecule has 0 amide bonds. The number of methoxy groups -OCH3 is 1. The molecule has 100 valence electrons. The smallest absolute Gasteiger partial charge is 0.323 e. The lowest BCUT2D eigenvalue weighted by molar-refractivity contribution is -0.144. The monoisotopic (exact) mass is 249 g/mol. The Hall–Kier alpha value is -1.35. The zero-order chi connectivity index (χ0) is 13.5. The van der Waals surface area contributed by atoms with Gasteiger partial charge in [-0.1, -0.05) is 51.1 Å². The van der Waals surface area contributed by atoms with Gasteiger partial charge in [0.1, 0.15) is 6.04 Å². The summed E-state index contributed by atoms with van der Waals surface area (Å²) in [6.07, 6.45) is 0. The topological polar surface area (TPSA) is 38.3 Å². The quantitative estimate of drug-likeness (QED) is 0.787. The first-order valence-corrected chi connectivity index (χ1v) is 6.42. The van der Waals surface area contributed by atoms with E-state index in [-0.39, 0.29) is 17.9 Å². The second kappa shape index (κ2) is 7.17. The van der Waals surface area contributed by atoms with Crippen LogP contribution in [0.5, 0.6) is 0 Å². The minimum Gasteiger partial charge on any atom is -0.468 e. The van der Waals surface area contributed by atoms with Crippen molar-refractivity contribution in [2.45, 2.75) is 32.7 Å². The van der Waals surface area contributed by atoms with E-state index in [4.69, 9.17) is 4.74 Å². The van der Waals surface area contributed by atoms with Crippen molar-refractivity contribution in [3.05, 3.63) is 35.9 Å². The van der Waals surface area contributed by atoms with Crippen LogP contribution < -0.4 is 5.32 Å². The molecule has 0 bridgehead atoms. The number of ether oxygens (including phenoxy) is 1. The average molecular weight is 249 g/mol. The van der Waals surface area contributed by atoms with E-state index >= 15 is 0 Å². The predicted octanol–water partition coefficient (Wildman–Crippen LogP) is 2.58. The standard InChI is InChI=1S/C15H23NO2/c1-11(2)14(15(17)18-4)16-10-12(3)13-8-6-5-7-9-13/h5-9,11-12,14,16H,10H2,1-4H3/t12?,14-/m0/s1. The van der Waals surface area contributed by atoms with Gasteiger partial charge in [-0.2, -0.15) is 0 Å². The summed E-state index contributed by atoms with van der Waals surface area (Å²) in [5, 5.41) is 3.29. The first-order valence-electron chi connectivity index (χ1n) is 6.42. The van der Waals surface area contributed by atoms with Crippen molar-refractivity contribution in [3.8, 4) is 0 Å². The van der Waals surface area contributed by atoms with Crippen LogP contribution in [0.4, 0.5) is 0 Å². The second-order valence-corrected chi connectivity index (χ2v) is 4.96. The highest BCUT2D eigenvalue weighted by Gasteiger charge is 2.22. The van der Waals surface area contributed by atoms with E-state index in [9.17, 15) is 4.79 Å². The zero-order valence-electron chi connectivity index (χ0n) is 11.6. The van der Waals surface area contributed by atoms with Gasteiger partial charge in [0.15, 0.2) is 0 Å². The minimum absolute atomic E-state index is 0.190. The van der Waals surface area contributed by atoms with Crippen LogP contribution >= 0.6 is 0 Å². The summed E-state index contributed by atoms with van der Waals surface area (Å²) in [5.74, 6) is 0.405. The molecule has 0 radical (unpaired) electrons. The van der Waals surface area contributed by atoms with Gasteiger partial charge in [-0.05, 0) is 17.4 Å². The van der Waals surface area contributed by atoms with Crippen molar-refractivity contribution in [3.63, 3.8) is 0 Å². The SMILES string of the molecule is COC(=O)[C@@H](NCC(C)c1ccccc1)C(C)C. The summed E-state index contributed by atoms with van der Waals surface area (Å²) >= 11 is 0. The Kier molecular flexibility index (Phi) is 5.86. The second-order valence-electron chi connectivity index (χ2n) is 4.96. The first kappa shape index (κ1) is 14.7. The van der Waals surface area contributed by atoms with Crippen molar-refractivity contribution < 1.29 is 9.53 Å². The van der Waals surface area contributed by atoms with Gasteiger partial charge in [-0.3, -0.25) is 4.79 Å². The predicted molar refractivity (Wildman–Crippen MR) is 73.5 cm³/mol. The molecule has 18 heavy (non-hydrogen) atoms. The lowest BCUT2D eigenvalue weighted by Crippen LogP contribution is -2.43. The number of carbonyl (C=O) groups excluding carboxylic acids is 1. The Bertz CT molecular complexity index is 362. The summed E-state index contributed by atoms with van der Waals surface area (Å²) < 4.78 is 4.81. The molecule has 0 saturated carbocycles. The molecule has 1 rings (SSSR count). The molecule has 0 aliphatic carbocycles. The van der Waals surface area contributed by atoms with E-state index in [1.807, 2.05) is 32.0 Å². The van der Waals surface area contributed by atoms with E-state index in [1.54, 1.807) is 0 Å². The Balaban J connectivity index is 2.55. The number of carbonyl (C=O) groups is 1. The molecule has 2 atom stereocenters. The average Bonchev–Trinajstić information content (AvgIpc) is 2.39. The maximum Gasteiger partial charge on any atom is 0.323 e. The molecule has 0 heterocycles. The van der Waals surface area contributed by atoms with Gasteiger partial charge in [0, 0.05) is 6.54 Å². The Labute approximate surface area is 110 Å². The van der Waals surface area contributed by atoms with Crippen LogP contribution in [-0.4, -0.2) is 25.7 Å². The minimum atomic E-state index is -0.235. The van der Waals surface area contributed by atoms with E-state index in [0.29, 0.717) is 5.92 Å². The summed E-state index contributed by atoms with van der Waals surface area (Å²) in [6.45, 7) is 6.95. The molecule has 3 heteroatoms. The Morgan fingerprint density at radius 1 is 1.22 bits per heavy atom. The fourth-order valence-corrected chi connectivity index (χ4v) is 1.92. The van der Waals surface area contributed by atoms with Crippen molar-refractivity contribution in [2.75, 3.05) is 13.7 Å². The fraction of sp³-hybridized carbons (Fsp3) is 0.533. The molecular formula is C15H23NO2. The molecule has 3 nitrogen and oxygen atoms in total. The Morgan fingerprint density at radius 3 is 2.33 bits per heavy atom. The number of nitrogens with one attached hydrogen (secondary N) is 1. The van der Waals surface area contributed by atoms with Gasteiger partial charge in [0.2, 0.25) is 0 Å². The zero-order valence-corrected chi connectivity index (χ0v) is 11.6. The summed E-state index contributed by atoms with van der Waals surface area (Å²) in [6, 6.07) is 10.1. The fourth-order valence-electron chi connectivity index (χ4n) is 1.92. The number of rotatable bonds is 6. The largest absolute Gasteiger partial charge is 0.468 e. The third-order valence-corrected chi connectivity index (χ3v) is 3.13. The molecule has 0 aromatic heterocycles. The van der Waals surface area contributed by atoms with Gasteiger partial charge in [0.05, 0.1) is 7.11 Å². The molecule has 0 fully saturated rings. The van der Waals surface area contributed by atoms with E-state index in [0.717, 1.165) is 6.54 Å². The third kappa shape index (κ3) is 4.15. The van der Waals surface area contributed by atoms with E-state index in [1.165, 1.54) is 12.7 Å². The number of esters is 1. The van der Waals surface area contributed by atoms with Crippen LogP contribution in [0.1, 0.15) is 32.3 Å². The molecule has 0 aliphatic heterocycles. The van der Waals surface area contributed by atoms with Crippen LogP contribution in [0.25, 0.3) is 0 Å². The van der Waals surface area contributed by atoms with Crippen LogP contribution in [0.15, 0.2) is 30.3 Å². The molecule has 1 unspecified atom stereocenters. The molecule has 1 N–H and O–H groups in total. The van der Waals surface area contributed by atoms with E-state index < -0.39 is 0 Å². The maximum atomic E-state index is 11.6. The molecule has 1 aromatic rings. The number of hydrogen-bond acceptors (Lipinski definition) is 3. The number of benzene rings is 1. The molecule has 0 saturated heterocycles. The highest BCUT2D eigenvalue weighted by molar-refractivity contribution is 5.75. The summed E-state index contributed by atoms with van der Waals surface area (Å²) in [7, 11) is 1.43. The van der Waals surface area contributed by atoms with E-state index in [2.05, 4.69) is 24.4 Å². The lowest BCUT2D eigenvalue weighted by Gasteiger charge is -2.22. The van der Waals surface area contributed by atoms with Gasteiger partial charge in [-0.15, -0.1) is 0 Å². The van der Waals surface area contributed by atoms with Crippen molar-refractivity contribution in [1.29, 1.82) is 0 Å². The van der Waals surface area contributed by atoms with Crippen LogP contribution in [0.2, 0.25) is 0 Å². The normalized spacial score (nSPS) is 14.3. The van der Waals surface area contributed by atoms with Gasteiger partial charge >= 0.3 is 5.97 Å². The van der Waals surface area contributed by atoms with Crippen molar-refractivity contribution in [1.82, 2.24) is 5.32 Å². The lowest BCUT2D eigenvalue weighted by atomic mass is 9.99. The van der Waals surface area contributed by atoms with Crippen molar-refractivity contribution >= 4 is 5.97 Å². The van der Waals surface area contributed by atoms with Gasteiger partial charge in [-0.25, -0.2) is 0 Å². The van der Waals surface area contributed by atoms with Crippen LogP contribution in [-0.2, 0) is 9.53 Å². The molecule has 0 spiro atoms. The van der Waals surface area contributed by atoms with Crippen molar-refractivity contribution in [2.24, 2.45) is 5.92 Å². The third-order valence-electron chi connectivity index (χ3n) is 3.13. The first-order chi connectivity index (χ1) is 8.56. The summed E-state index contributed by atoms with van der Waals surface area (Å²) in [5.41, 5.74) is 1.28. The molecule has 0 aliphatic rings. The maximum absolute atomic E-state index is 11.6. The highest BCUT2D eigenvalue weighted by atomic mass is 16.5. The Morgan fingerprint density at radius 2 is 1.83 bits per heavy atom. The highest BCUT2D eigenvalue weighted by Crippen LogP contribution is 2.14. The van der Waals surface area contributed by atoms with Gasteiger partial charge < -0.3 is 10.1 Å². The van der Waals surface area contributed by atoms with Crippen LogP contribution in [0, 0.1) is 5.92 Å². The van der Waals surface area contributed by atoms with Crippen LogP contribution in [0.3, 0.4) is 0 Å². The molecule has 1 aromatic carbocycles. The summed E-state index contributed by atoms with van der Waals surface area (Å²) in [4.78, 5) is 11.6. The number of hydrogen-bond donors (Lipinski definition) is 1. The van der Waals surface area contributed by atoms with Gasteiger partial charge in [0.25, 0.3) is 0 Å².